The molecule has 0 aliphatic rings. The summed E-state index contributed by atoms with van der Waals surface area (Å²) in [4.78, 5) is 16.0. The molecular weight excluding hydrogens is 326 g/mol. The molecule has 4 heteroatoms. The van der Waals surface area contributed by atoms with Crippen LogP contribution in [0.4, 0.5) is 0 Å². The molecule has 26 heavy (non-hydrogen) atoms. The van der Waals surface area contributed by atoms with Crippen molar-refractivity contribution in [1.29, 1.82) is 0 Å². The fraction of sp³-hybridized carbons (Fsp3) is 0.273. The molecule has 1 atom stereocenters. The summed E-state index contributed by atoms with van der Waals surface area (Å²) < 4.78 is 6.10. The largest absolute Gasteiger partial charge is 0.548 e. The molecule has 0 saturated carbocycles. The second-order valence-corrected chi connectivity index (χ2v) is 6.93. The summed E-state index contributed by atoms with van der Waals surface area (Å²) in [5.41, 5.74) is 3.82. The zero-order chi connectivity index (χ0) is 18.8. The van der Waals surface area contributed by atoms with E-state index in [9.17, 15) is 9.90 Å². The molecule has 0 radical (unpaired) electrons. The van der Waals surface area contributed by atoms with E-state index in [0.29, 0.717) is 16.7 Å². The third-order valence-electron chi connectivity index (χ3n) is 4.57. The molecule has 1 aromatic heterocycles. The molecule has 0 amide bonds. The number of carbonyl (C=O) groups is 1. The van der Waals surface area contributed by atoms with E-state index in [0.717, 1.165) is 22.1 Å². The number of carboxylic acid groups (broad SMARTS) is 1. The zero-order valence-corrected chi connectivity index (χ0v) is 15.4. The normalized spacial score (nSPS) is 13.3. The van der Waals surface area contributed by atoms with E-state index in [-0.39, 0.29) is 5.92 Å². The van der Waals surface area contributed by atoms with Gasteiger partial charge in [-0.15, -0.1) is 0 Å². The predicted octanol–water partition coefficient (Wildman–Crippen LogP) is 3.39. The Morgan fingerprint density at radius 1 is 1.04 bits per heavy atom. The molecule has 134 valence electrons. The van der Waals surface area contributed by atoms with Gasteiger partial charge in [0.1, 0.15) is 11.3 Å². The highest BCUT2D eigenvalue weighted by atomic mass is 16.4. The first-order chi connectivity index (χ1) is 12.4. The van der Waals surface area contributed by atoms with Crippen LogP contribution in [0.1, 0.15) is 25.0 Å². The number of hydrogen-bond donors (Lipinski definition) is 0. The van der Waals surface area contributed by atoms with Gasteiger partial charge in [0.2, 0.25) is 0 Å². The molecule has 1 heterocycles. The number of hydrogen-bond acceptors (Lipinski definition) is 4. The standard InChI is InChI=1S/C22H23NO3/c1-13(2)21(22(24)25)23-18-12-19(16-8-6-5-7-9-16)26-20-11-15(4)14(3)10-17(18)20/h5-13,21H,1-4H3,(H,24,25)/p-1/t21-/m1/s1. The van der Waals surface area contributed by atoms with Crippen LogP contribution in [0.15, 0.2) is 57.9 Å². The van der Waals surface area contributed by atoms with Crippen LogP contribution in [0.5, 0.6) is 0 Å². The second kappa shape index (κ2) is 7.16. The van der Waals surface area contributed by atoms with Crippen molar-refractivity contribution in [3.8, 4) is 11.3 Å². The highest BCUT2D eigenvalue weighted by molar-refractivity contribution is 5.80. The van der Waals surface area contributed by atoms with Gasteiger partial charge in [-0.1, -0.05) is 44.2 Å². The maximum atomic E-state index is 11.5. The first kappa shape index (κ1) is 17.9. The average Bonchev–Trinajstić information content (AvgIpc) is 2.60. The predicted molar refractivity (Wildman–Crippen MR) is 100 cm³/mol. The topological polar surface area (TPSA) is 65.6 Å². The monoisotopic (exact) mass is 348 g/mol. The number of fused-ring (bicyclic) bond motifs is 1. The summed E-state index contributed by atoms with van der Waals surface area (Å²) in [7, 11) is 0. The lowest BCUT2D eigenvalue weighted by Gasteiger charge is -2.17. The Kier molecular flexibility index (Phi) is 4.94. The second-order valence-electron chi connectivity index (χ2n) is 6.93. The minimum atomic E-state index is -1.17. The smallest absolute Gasteiger partial charge is 0.137 e. The molecule has 0 spiro atoms. The van der Waals surface area contributed by atoms with Crippen molar-refractivity contribution in [3.63, 3.8) is 0 Å². The van der Waals surface area contributed by atoms with Crippen LogP contribution < -0.4 is 10.5 Å². The average molecular weight is 348 g/mol. The fourth-order valence-corrected chi connectivity index (χ4v) is 2.90. The Morgan fingerprint density at radius 3 is 2.31 bits per heavy atom. The third-order valence-corrected chi connectivity index (χ3v) is 4.57. The number of carbonyl (C=O) groups excluding carboxylic acids is 1. The van der Waals surface area contributed by atoms with Crippen LogP contribution in [0.2, 0.25) is 0 Å². The summed E-state index contributed by atoms with van der Waals surface area (Å²) >= 11 is 0. The van der Waals surface area contributed by atoms with Crippen molar-refractivity contribution in [1.82, 2.24) is 0 Å². The maximum absolute atomic E-state index is 11.5. The van der Waals surface area contributed by atoms with Crippen molar-refractivity contribution < 1.29 is 14.3 Å². The molecule has 2 aromatic carbocycles. The summed E-state index contributed by atoms with van der Waals surface area (Å²) in [5, 5.41) is 12.9. The van der Waals surface area contributed by atoms with Crippen LogP contribution in [-0.4, -0.2) is 12.0 Å². The van der Waals surface area contributed by atoms with Gasteiger partial charge in [-0.25, -0.2) is 0 Å². The first-order valence-electron chi connectivity index (χ1n) is 8.72. The fourth-order valence-electron chi connectivity index (χ4n) is 2.90. The van der Waals surface area contributed by atoms with Gasteiger partial charge in [0.05, 0.1) is 17.4 Å². The Morgan fingerprint density at radius 2 is 1.69 bits per heavy atom. The van der Waals surface area contributed by atoms with Crippen molar-refractivity contribution >= 4 is 16.9 Å². The van der Waals surface area contributed by atoms with Gasteiger partial charge in [-0.05, 0) is 43.0 Å². The number of rotatable bonds is 4. The van der Waals surface area contributed by atoms with Gasteiger partial charge in [-0.3, -0.25) is 4.99 Å². The lowest BCUT2D eigenvalue weighted by Crippen LogP contribution is -2.39. The molecule has 0 bridgehead atoms. The van der Waals surface area contributed by atoms with E-state index >= 15 is 0 Å². The van der Waals surface area contributed by atoms with Gasteiger partial charge in [0.25, 0.3) is 0 Å². The number of aryl methyl sites for hydroxylation is 2. The molecule has 0 aliphatic carbocycles. The van der Waals surface area contributed by atoms with Crippen molar-refractivity contribution in [3.05, 3.63) is 65.0 Å². The first-order valence-corrected chi connectivity index (χ1v) is 8.72. The van der Waals surface area contributed by atoms with E-state index in [4.69, 9.17) is 4.42 Å². The van der Waals surface area contributed by atoms with Crippen molar-refractivity contribution in [2.45, 2.75) is 33.7 Å². The van der Waals surface area contributed by atoms with Gasteiger partial charge in [0.15, 0.2) is 0 Å². The Bertz CT molecular complexity index is 1020. The molecule has 0 N–H and O–H groups in total. The van der Waals surface area contributed by atoms with Crippen LogP contribution in [0.3, 0.4) is 0 Å². The van der Waals surface area contributed by atoms with E-state index in [1.807, 2.05) is 76.2 Å². The van der Waals surface area contributed by atoms with Gasteiger partial charge >= 0.3 is 0 Å². The van der Waals surface area contributed by atoms with E-state index < -0.39 is 12.0 Å². The lowest BCUT2D eigenvalue weighted by molar-refractivity contribution is -0.308. The van der Waals surface area contributed by atoms with E-state index in [2.05, 4.69) is 4.99 Å². The number of aliphatic carboxylic acids is 1. The van der Waals surface area contributed by atoms with Crippen molar-refractivity contribution in [2.75, 3.05) is 0 Å². The highest BCUT2D eigenvalue weighted by Crippen LogP contribution is 2.24. The molecule has 3 rings (SSSR count). The van der Waals surface area contributed by atoms with Gasteiger partial charge in [-0.2, -0.15) is 0 Å². The van der Waals surface area contributed by atoms with Crippen LogP contribution >= 0.6 is 0 Å². The quantitative estimate of drug-likeness (QED) is 0.726. The molecular formula is C22H22NO3-. The summed E-state index contributed by atoms with van der Waals surface area (Å²) in [6, 6.07) is 14.6. The number of benzene rings is 2. The summed E-state index contributed by atoms with van der Waals surface area (Å²) in [6.07, 6.45) is 0. The highest BCUT2D eigenvalue weighted by Gasteiger charge is 2.14. The van der Waals surface area contributed by atoms with Gasteiger partial charge in [0, 0.05) is 17.0 Å². The zero-order valence-electron chi connectivity index (χ0n) is 15.4. The Hall–Kier alpha value is -2.88. The van der Waals surface area contributed by atoms with Gasteiger partial charge < -0.3 is 14.3 Å². The Labute approximate surface area is 152 Å². The molecule has 0 aliphatic heterocycles. The lowest BCUT2D eigenvalue weighted by atomic mass is 10.0. The van der Waals surface area contributed by atoms with Crippen molar-refractivity contribution in [2.24, 2.45) is 10.9 Å². The SMILES string of the molecule is Cc1cc2oc(-c3ccccc3)cc(=N[C@@H](C(=O)[O-])C(C)C)c2cc1C. The third kappa shape index (κ3) is 3.54. The minimum Gasteiger partial charge on any atom is -0.548 e. The molecule has 0 saturated heterocycles. The van der Waals surface area contributed by atoms with E-state index in [1.54, 1.807) is 0 Å². The minimum absolute atomic E-state index is 0.168. The van der Waals surface area contributed by atoms with E-state index in [1.165, 1.54) is 0 Å². The maximum Gasteiger partial charge on any atom is 0.137 e. The number of nitrogens with zero attached hydrogens (tertiary/aromatic N) is 1. The Balaban J connectivity index is 2.35. The molecule has 0 fully saturated rings. The molecule has 4 nitrogen and oxygen atoms in total. The van der Waals surface area contributed by atoms with Crippen LogP contribution in [0.25, 0.3) is 22.3 Å². The summed E-state index contributed by atoms with van der Waals surface area (Å²) in [5.74, 6) is -0.682. The molecule has 3 aromatic rings. The van der Waals surface area contributed by atoms with Crippen LogP contribution in [-0.2, 0) is 4.79 Å². The number of carboxylic acids is 1. The molecule has 0 unspecified atom stereocenters. The summed E-state index contributed by atoms with van der Waals surface area (Å²) in [6.45, 7) is 7.69. The van der Waals surface area contributed by atoms with Crippen LogP contribution in [0, 0.1) is 19.8 Å².